The number of hydrazine groups is 2. The number of hydrogen-bond acceptors (Lipinski definition) is 14. The summed E-state index contributed by atoms with van der Waals surface area (Å²) in [4.78, 5) is 57.9. The topological polar surface area (TPSA) is 232 Å². The number of aryl methyl sites for hydroxylation is 3. The number of aliphatic hydroxyl groups is 1. The lowest BCUT2D eigenvalue weighted by molar-refractivity contribution is -0.140. The number of benzene rings is 3. The third-order valence-electron chi connectivity index (χ3n) is 11.6. The first kappa shape index (κ1) is 91.9. The van der Waals surface area contributed by atoms with Crippen molar-refractivity contribution < 1.29 is 39.0 Å². The first-order valence-corrected chi connectivity index (χ1v) is 31.6. The van der Waals surface area contributed by atoms with Crippen LogP contribution in [0.2, 0.25) is 0 Å². The van der Waals surface area contributed by atoms with E-state index in [1.807, 2.05) is 127 Å². The van der Waals surface area contributed by atoms with Crippen LogP contribution in [-0.4, -0.2) is 95.3 Å². The van der Waals surface area contributed by atoms with Gasteiger partial charge in [0.05, 0.1) is 17.3 Å². The summed E-state index contributed by atoms with van der Waals surface area (Å²) in [6.07, 6.45) is 22.6. The second-order valence-corrected chi connectivity index (χ2v) is 24.4. The maximum absolute atomic E-state index is 11.3. The van der Waals surface area contributed by atoms with Crippen LogP contribution in [0.5, 0.6) is 0 Å². The lowest BCUT2D eigenvalue weighted by Gasteiger charge is -2.14. The first-order valence-electron chi connectivity index (χ1n) is 31.6. The molecule has 3 aromatic carbocycles. The van der Waals surface area contributed by atoms with Gasteiger partial charge in [0.2, 0.25) is 0 Å². The molecule has 91 heavy (non-hydrogen) atoms. The second kappa shape index (κ2) is 59.7. The molecule has 3 heterocycles. The lowest BCUT2D eigenvalue weighted by Crippen LogP contribution is -2.37. The third-order valence-corrected chi connectivity index (χ3v) is 11.6. The standard InChI is InChI=1S/C14H21N3.C13H17N3.C11H19N3O.C10H12O.C6H10.C5H10O.C5H8.C4H8O2.C4H10O.2CH2O/c1-12(2)10-14-11-17(16-15-14)9-8-13-6-4-3-5-7-13;1-11(2)13-10-16(15-14-13)9-8-12-6-4-3-5-7-12;1-9(2)7-11-8-14(13-12-11)6-4-5-10(3)15;1-8(2)10(11)9-6-4-3-5-7-9;1-4-5-6(2)3;1-4(2)5(3)6;1-4-5(2)3;1-3(2)4(5)6;1-4(2)3-5;2*1-2/h3-7,11-12,15-16H,8-10H2,1-2H3;3-7,10-11H,8-9H2,1-2H3;8-9H,4-7H2,1-3H3;3-8H,1-2H3;1,6H,5H2,2-3H3;4H,1-3H3;1,5H,2-3H3;3H,1-2H3,(H,5,6);4-5H,3H2,1-2H3;2*1H2. The van der Waals surface area contributed by atoms with E-state index in [0.717, 1.165) is 75.1 Å². The minimum Gasteiger partial charge on any atom is -0.481 e. The predicted octanol–water partition coefficient (Wildman–Crippen LogP) is 14.6. The molecule has 5 aromatic rings. The number of aromatic nitrogens is 6. The van der Waals surface area contributed by atoms with Gasteiger partial charge in [0.15, 0.2) is 5.78 Å². The molecular formula is C74H119N9O8. The van der Waals surface area contributed by atoms with E-state index < -0.39 is 5.97 Å². The molecule has 0 saturated carbocycles. The lowest BCUT2D eigenvalue weighted by atomic mass is 10.0. The van der Waals surface area contributed by atoms with Crippen molar-refractivity contribution in [3.05, 3.63) is 143 Å². The number of Topliss-reactive ketones (excluding diaryl/α,β-unsaturated/α-hetero) is 3. The van der Waals surface area contributed by atoms with Gasteiger partial charge in [-0.15, -0.1) is 40.4 Å². The van der Waals surface area contributed by atoms with Crippen LogP contribution >= 0.6 is 0 Å². The number of carbonyl (C=O) groups excluding carboxylic acids is 5. The normalized spacial score (nSPS) is 10.5. The van der Waals surface area contributed by atoms with Crippen LogP contribution < -0.4 is 11.0 Å². The van der Waals surface area contributed by atoms with Crippen LogP contribution in [0.1, 0.15) is 203 Å². The maximum atomic E-state index is 11.3. The van der Waals surface area contributed by atoms with Crippen LogP contribution in [0.3, 0.4) is 0 Å². The molecule has 0 bridgehead atoms. The first-order chi connectivity index (χ1) is 42.9. The fourth-order valence-electron chi connectivity index (χ4n) is 6.15. The fraction of sp³-hybridized carbons (Fsp3) is 0.541. The van der Waals surface area contributed by atoms with E-state index >= 15 is 0 Å². The zero-order valence-corrected chi connectivity index (χ0v) is 59.4. The number of nitrogens with zero attached hydrogens (tertiary/aromatic N) is 7. The summed E-state index contributed by atoms with van der Waals surface area (Å²) < 4.78 is 3.74. The monoisotopic (exact) mass is 1260 g/mol. The van der Waals surface area contributed by atoms with Gasteiger partial charge in [0.25, 0.3) is 0 Å². The van der Waals surface area contributed by atoms with Crippen molar-refractivity contribution in [2.24, 2.45) is 47.3 Å². The predicted molar refractivity (Wildman–Crippen MR) is 375 cm³/mol. The van der Waals surface area contributed by atoms with Crippen molar-refractivity contribution in [2.45, 2.75) is 202 Å². The third kappa shape index (κ3) is 59.5. The van der Waals surface area contributed by atoms with Crippen molar-refractivity contribution in [3.63, 3.8) is 0 Å². The van der Waals surface area contributed by atoms with Crippen molar-refractivity contribution in [3.8, 4) is 24.7 Å². The van der Waals surface area contributed by atoms with Gasteiger partial charge in [-0.2, -0.15) is 0 Å². The Balaban J connectivity index is -0.000000314. The highest BCUT2D eigenvalue weighted by molar-refractivity contribution is 5.97. The minimum atomic E-state index is -0.741. The Kier molecular flexibility index (Phi) is 60.3. The highest BCUT2D eigenvalue weighted by Gasteiger charge is 2.12. The molecule has 1 aliphatic heterocycles. The van der Waals surface area contributed by atoms with Gasteiger partial charge in [-0.25, -0.2) is 0 Å². The fourth-order valence-corrected chi connectivity index (χ4v) is 6.15. The number of terminal acetylenes is 2. The van der Waals surface area contributed by atoms with E-state index in [1.54, 1.807) is 27.7 Å². The Bertz CT molecular complexity index is 2650. The largest absolute Gasteiger partial charge is 0.481 e. The number of carbonyl (C=O) groups is 6. The Hall–Kier alpha value is -7.86. The molecule has 508 valence electrons. The molecule has 0 saturated heterocycles. The molecule has 0 atom stereocenters. The number of rotatable bonds is 21. The van der Waals surface area contributed by atoms with Crippen molar-refractivity contribution in [1.29, 1.82) is 0 Å². The number of nitrogens with one attached hydrogen (secondary N) is 2. The molecule has 6 rings (SSSR count). The molecular weight excluding hydrogens is 1140 g/mol. The van der Waals surface area contributed by atoms with E-state index in [-0.39, 0.29) is 35.1 Å². The quantitative estimate of drug-likeness (QED) is 0.0395. The maximum Gasteiger partial charge on any atom is 0.305 e. The molecule has 17 nitrogen and oxygen atoms in total. The Morgan fingerprint density at radius 1 is 0.582 bits per heavy atom. The molecule has 0 amide bonds. The number of hydrogen-bond donors (Lipinski definition) is 4. The van der Waals surface area contributed by atoms with Crippen molar-refractivity contribution >= 4 is 36.9 Å². The van der Waals surface area contributed by atoms with Crippen LogP contribution in [0.4, 0.5) is 0 Å². The zero-order chi connectivity index (χ0) is 70.9. The van der Waals surface area contributed by atoms with E-state index in [2.05, 4.69) is 165 Å². The number of aliphatic hydroxyl groups excluding tert-OH is 1. The molecule has 0 unspecified atom stereocenters. The van der Waals surface area contributed by atoms with Gasteiger partial charge in [0, 0.05) is 86.7 Å². The Labute approximate surface area is 550 Å². The highest BCUT2D eigenvalue weighted by atomic mass is 16.4. The van der Waals surface area contributed by atoms with Gasteiger partial charge in [-0.1, -0.05) is 226 Å². The SMILES string of the molecule is C#CC(C)C.C#CCC(C)C.C=O.C=O.CC(=O)C(C)C.CC(=O)CCCn1cc(CC(C)C)nn1.CC(C)C(=O)O.CC(C)C(=O)c1ccccc1.CC(C)CC1=CN(CCc2ccccc2)NN1.CC(C)CO.CC(C)c1cn(CCc2ccccc2)nn1. The molecule has 1 aliphatic rings. The Morgan fingerprint density at radius 2 is 1.01 bits per heavy atom. The number of ketones is 3. The average Bonchev–Trinajstić information content (AvgIpc) is 3.17. The molecule has 2 aromatic heterocycles. The van der Waals surface area contributed by atoms with Crippen LogP contribution in [-0.2, 0) is 56.3 Å². The van der Waals surface area contributed by atoms with Gasteiger partial charge in [-0.05, 0) is 86.7 Å². The summed E-state index contributed by atoms with van der Waals surface area (Å²) in [5.74, 6) is 8.39. The number of carboxylic acid groups (broad SMARTS) is 1. The van der Waals surface area contributed by atoms with Crippen LogP contribution in [0.25, 0.3) is 0 Å². The smallest absolute Gasteiger partial charge is 0.305 e. The number of aliphatic carboxylic acids is 1. The molecule has 17 heteroatoms. The molecule has 0 fully saturated rings. The van der Waals surface area contributed by atoms with E-state index in [0.29, 0.717) is 48.5 Å². The summed E-state index contributed by atoms with van der Waals surface area (Å²) in [5.41, 5.74) is 13.3. The molecule has 4 N–H and O–H groups in total. The average molecular weight is 1260 g/mol. The van der Waals surface area contributed by atoms with Gasteiger partial charge in [0.1, 0.15) is 25.1 Å². The van der Waals surface area contributed by atoms with Gasteiger partial charge < -0.3 is 30.0 Å². The van der Waals surface area contributed by atoms with E-state index in [4.69, 9.17) is 32.6 Å². The zero-order valence-electron chi connectivity index (χ0n) is 59.4. The van der Waals surface area contributed by atoms with Gasteiger partial charge in [-0.3, -0.25) is 28.8 Å². The minimum absolute atomic E-state index is 0.0948. The summed E-state index contributed by atoms with van der Waals surface area (Å²) in [5, 5.41) is 34.6. The van der Waals surface area contributed by atoms with E-state index in [9.17, 15) is 19.2 Å². The molecule has 0 spiro atoms. The second-order valence-electron chi connectivity index (χ2n) is 24.4. The van der Waals surface area contributed by atoms with E-state index in [1.165, 1.54) is 16.8 Å². The van der Waals surface area contributed by atoms with Crippen LogP contribution in [0, 0.1) is 72.0 Å². The molecule has 0 aliphatic carbocycles. The number of carboxylic acids is 1. The summed E-state index contributed by atoms with van der Waals surface area (Å²) in [7, 11) is 0. The van der Waals surface area contributed by atoms with Crippen LogP contribution in [0.15, 0.2) is 115 Å². The highest BCUT2D eigenvalue weighted by Crippen LogP contribution is 2.13. The molecule has 0 radical (unpaired) electrons. The Morgan fingerprint density at radius 3 is 1.35 bits per heavy atom. The number of allylic oxidation sites excluding steroid dienone is 1. The summed E-state index contributed by atoms with van der Waals surface area (Å²) in [6.45, 7) is 46.3. The summed E-state index contributed by atoms with van der Waals surface area (Å²) >= 11 is 0. The van der Waals surface area contributed by atoms with Gasteiger partial charge >= 0.3 is 5.97 Å². The van der Waals surface area contributed by atoms with Crippen molar-refractivity contribution in [2.75, 3.05) is 13.2 Å². The van der Waals surface area contributed by atoms with Crippen molar-refractivity contribution in [1.82, 2.24) is 46.0 Å². The summed E-state index contributed by atoms with van der Waals surface area (Å²) in [6, 6.07) is 30.4.